The summed E-state index contributed by atoms with van der Waals surface area (Å²) in [6.45, 7) is 1.38. The summed E-state index contributed by atoms with van der Waals surface area (Å²) in [5, 5.41) is 3.32. The van der Waals surface area contributed by atoms with Crippen LogP contribution in [0.5, 0.6) is 0 Å². The van der Waals surface area contributed by atoms with Crippen LogP contribution in [0, 0.1) is 0 Å². The van der Waals surface area contributed by atoms with Crippen molar-refractivity contribution in [2.75, 3.05) is 18.9 Å². The smallest absolute Gasteiger partial charge is 0.326 e. The van der Waals surface area contributed by atoms with Gasteiger partial charge in [0.05, 0.1) is 0 Å². The van der Waals surface area contributed by atoms with E-state index in [1.165, 1.54) is 11.8 Å². The lowest BCUT2D eigenvalue weighted by molar-refractivity contribution is -0.147. The van der Waals surface area contributed by atoms with Gasteiger partial charge in [0.1, 0.15) is 18.7 Å². The van der Waals surface area contributed by atoms with Crippen LogP contribution in [-0.4, -0.2) is 41.7 Å². The highest BCUT2D eigenvalue weighted by molar-refractivity contribution is 7.99. The molecule has 2 aromatic rings. The third kappa shape index (κ3) is 4.48. The molecule has 2 aromatic carbocycles. The van der Waals surface area contributed by atoms with E-state index in [0.717, 1.165) is 9.80 Å². The molecule has 6 nitrogen and oxygen atoms in total. The first-order valence-electron chi connectivity index (χ1n) is 8.64. The van der Waals surface area contributed by atoms with Gasteiger partial charge in [-0.15, -0.1) is 11.8 Å². The Balaban J connectivity index is 1.50. The first-order chi connectivity index (χ1) is 13.4. The topological polar surface area (TPSA) is 75.7 Å². The Morgan fingerprint density at radius 1 is 1.14 bits per heavy atom. The maximum atomic E-state index is 12.7. The Labute approximate surface area is 172 Å². The normalized spacial score (nSPS) is 18.9. The fraction of sp³-hybridized carbons (Fsp3) is 0.250. The van der Waals surface area contributed by atoms with Gasteiger partial charge < -0.3 is 10.1 Å². The number of rotatable bonds is 7. The summed E-state index contributed by atoms with van der Waals surface area (Å²) in [6, 6.07) is 15.6. The summed E-state index contributed by atoms with van der Waals surface area (Å²) in [5.41, 5.74) is -0.535. The average molecular weight is 419 g/mol. The monoisotopic (exact) mass is 418 g/mol. The van der Waals surface area contributed by atoms with Crippen molar-refractivity contribution >= 4 is 41.3 Å². The number of nitrogens with zero attached hydrogens (tertiary/aromatic N) is 1. The van der Waals surface area contributed by atoms with Gasteiger partial charge in [0, 0.05) is 15.7 Å². The van der Waals surface area contributed by atoms with Crippen LogP contribution in [-0.2, 0) is 19.9 Å². The van der Waals surface area contributed by atoms with E-state index in [9.17, 15) is 14.4 Å². The zero-order chi connectivity index (χ0) is 20.1. The Bertz CT molecular complexity index is 876. The van der Waals surface area contributed by atoms with Gasteiger partial charge in [0.15, 0.2) is 0 Å². The summed E-state index contributed by atoms with van der Waals surface area (Å²) in [6.07, 6.45) is 0. The summed E-state index contributed by atoms with van der Waals surface area (Å²) >= 11 is 7.35. The average Bonchev–Trinajstić information content (AvgIpc) is 2.91. The number of nitrogens with one attached hydrogen (secondary N) is 1. The van der Waals surface area contributed by atoms with E-state index in [0.29, 0.717) is 16.3 Å². The highest BCUT2D eigenvalue weighted by Gasteiger charge is 2.49. The molecule has 0 radical (unpaired) electrons. The molecule has 1 heterocycles. The standard InChI is InChI=1S/C20H19ClN2O4S/c1-20(14-5-3-2-4-6-14)18(25)23(19(26)22-20)13-17(24)27-11-12-28-16-9-7-15(21)8-10-16/h2-10H,11-13H2,1H3,(H,22,26)/t20-/m0/s1. The molecular weight excluding hydrogens is 400 g/mol. The molecule has 0 aromatic heterocycles. The van der Waals surface area contributed by atoms with Gasteiger partial charge in [-0.2, -0.15) is 0 Å². The van der Waals surface area contributed by atoms with Crippen molar-refractivity contribution in [2.45, 2.75) is 17.4 Å². The van der Waals surface area contributed by atoms with Gasteiger partial charge >= 0.3 is 12.0 Å². The molecule has 1 atom stereocenters. The van der Waals surface area contributed by atoms with Crippen molar-refractivity contribution in [1.82, 2.24) is 10.2 Å². The van der Waals surface area contributed by atoms with Crippen molar-refractivity contribution in [3.8, 4) is 0 Å². The van der Waals surface area contributed by atoms with Crippen molar-refractivity contribution in [3.63, 3.8) is 0 Å². The third-order valence-corrected chi connectivity index (χ3v) is 5.57. The molecule has 3 rings (SSSR count). The van der Waals surface area contributed by atoms with Crippen LogP contribution in [0.2, 0.25) is 5.02 Å². The van der Waals surface area contributed by atoms with E-state index in [-0.39, 0.29) is 6.61 Å². The molecule has 3 amide bonds. The number of imide groups is 1. The lowest BCUT2D eigenvalue weighted by Crippen LogP contribution is -2.41. The SMILES string of the molecule is C[C@@]1(c2ccccc2)NC(=O)N(CC(=O)OCCSc2ccc(Cl)cc2)C1=O. The maximum Gasteiger partial charge on any atom is 0.326 e. The molecule has 28 heavy (non-hydrogen) atoms. The molecule has 1 aliphatic rings. The van der Waals surface area contributed by atoms with Crippen LogP contribution < -0.4 is 5.32 Å². The minimum atomic E-state index is -1.19. The van der Waals surface area contributed by atoms with E-state index in [2.05, 4.69) is 5.32 Å². The number of carbonyl (C=O) groups excluding carboxylic acids is 3. The molecular formula is C20H19ClN2O4S. The Kier molecular flexibility index (Phi) is 6.26. The first kappa shape index (κ1) is 20.2. The first-order valence-corrected chi connectivity index (χ1v) is 10.00. The Morgan fingerprint density at radius 2 is 1.82 bits per heavy atom. The summed E-state index contributed by atoms with van der Waals surface area (Å²) in [4.78, 5) is 38.9. The number of amides is 3. The fourth-order valence-electron chi connectivity index (χ4n) is 2.83. The Morgan fingerprint density at radius 3 is 2.50 bits per heavy atom. The largest absolute Gasteiger partial charge is 0.463 e. The number of thioether (sulfide) groups is 1. The number of hydrogen-bond donors (Lipinski definition) is 1. The second-order valence-corrected chi connectivity index (χ2v) is 7.94. The van der Waals surface area contributed by atoms with Crippen LogP contribution >= 0.6 is 23.4 Å². The minimum absolute atomic E-state index is 0.172. The van der Waals surface area contributed by atoms with E-state index in [4.69, 9.17) is 16.3 Å². The molecule has 0 spiro atoms. The molecule has 0 bridgehead atoms. The number of ether oxygens (including phenoxy) is 1. The summed E-state index contributed by atoms with van der Waals surface area (Å²) in [7, 11) is 0. The van der Waals surface area contributed by atoms with Gasteiger partial charge in [-0.25, -0.2) is 4.79 Å². The van der Waals surface area contributed by atoms with Crippen molar-refractivity contribution in [3.05, 3.63) is 65.2 Å². The van der Waals surface area contributed by atoms with Crippen LogP contribution in [0.4, 0.5) is 4.79 Å². The second-order valence-electron chi connectivity index (χ2n) is 6.34. The van der Waals surface area contributed by atoms with Crippen LogP contribution in [0.3, 0.4) is 0 Å². The molecule has 1 aliphatic heterocycles. The lowest BCUT2D eigenvalue weighted by atomic mass is 9.92. The molecule has 1 fully saturated rings. The van der Waals surface area contributed by atoms with Gasteiger partial charge in [0.25, 0.3) is 5.91 Å². The van der Waals surface area contributed by atoms with E-state index in [1.807, 2.05) is 18.2 Å². The number of esters is 1. The molecule has 0 aliphatic carbocycles. The highest BCUT2D eigenvalue weighted by Crippen LogP contribution is 2.28. The van der Waals surface area contributed by atoms with Crippen LogP contribution in [0.1, 0.15) is 12.5 Å². The van der Waals surface area contributed by atoms with Crippen LogP contribution in [0.15, 0.2) is 59.5 Å². The van der Waals surface area contributed by atoms with Gasteiger partial charge in [-0.05, 0) is 36.8 Å². The second kappa shape index (κ2) is 8.67. The zero-order valence-electron chi connectivity index (χ0n) is 15.2. The Hall–Kier alpha value is -2.51. The third-order valence-electron chi connectivity index (χ3n) is 4.34. The lowest BCUT2D eigenvalue weighted by Gasteiger charge is -2.21. The van der Waals surface area contributed by atoms with Gasteiger partial charge in [-0.1, -0.05) is 41.9 Å². The number of hydrogen-bond acceptors (Lipinski definition) is 5. The number of halogens is 1. The molecule has 146 valence electrons. The fourth-order valence-corrected chi connectivity index (χ4v) is 3.69. The summed E-state index contributed by atoms with van der Waals surface area (Å²) in [5.74, 6) is -0.552. The highest BCUT2D eigenvalue weighted by atomic mass is 35.5. The van der Waals surface area contributed by atoms with E-state index < -0.39 is 30.0 Å². The zero-order valence-corrected chi connectivity index (χ0v) is 16.8. The van der Waals surface area contributed by atoms with E-state index in [1.54, 1.807) is 43.3 Å². The maximum absolute atomic E-state index is 12.7. The number of carbonyl (C=O) groups is 3. The predicted molar refractivity (Wildman–Crippen MR) is 107 cm³/mol. The summed E-state index contributed by atoms with van der Waals surface area (Å²) < 4.78 is 5.16. The van der Waals surface area contributed by atoms with Crippen molar-refractivity contribution in [1.29, 1.82) is 0 Å². The van der Waals surface area contributed by atoms with Crippen molar-refractivity contribution in [2.24, 2.45) is 0 Å². The number of urea groups is 1. The minimum Gasteiger partial charge on any atom is -0.463 e. The quantitative estimate of drug-likeness (QED) is 0.322. The molecule has 1 saturated heterocycles. The van der Waals surface area contributed by atoms with Crippen LogP contribution in [0.25, 0.3) is 0 Å². The molecule has 0 saturated carbocycles. The van der Waals surface area contributed by atoms with Crippen molar-refractivity contribution < 1.29 is 19.1 Å². The molecule has 8 heteroatoms. The predicted octanol–water partition coefficient (Wildman–Crippen LogP) is 3.44. The van der Waals surface area contributed by atoms with Gasteiger partial charge in [0.2, 0.25) is 0 Å². The van der Waals surface area contributed by atoms with E-state index >= 15 is 0 Å². The van der Waals surface area contributed by atoms with Gasteiger partial charge in [-0.3, -0.25) is 14.5 Å². The molecule has 0 unspecified atom stereocenters. The number of benzene rings is 2. The molecule has 1 N–H and O–H groups in total.